The minimum absolute atomic E-state index is 0.501. The van der Waals surface area contributed by atoms with Crippen LogP contribution < -0.4 is 5.73 Å². The monoisotopic (exact) mass is 315 g/mol. The lowest BCUT2D eigenvalue weighted by atomic mass is 9.81. The number of rotatable bonds is 2. The van der Waals surface area contributed by atoms with Gasteiger partial charge >= 0.3 is 5.97 Å². The Labute approximate surface area is 139 Å². The maximum Gasteiger partial charge on any atom is 0.328 e. The molecule has 3 N–H and O–H groups in total. The molecular formula is C20H29NO2. The van der Waals surface area contributed by atoms with E-state index in [0.717, 1.165) is 24.8 Å². The molecule has 0 heterocycles. The van der Waals surface area contributed by atoms with Crippen molar-refractivity contribution >= 4 is 5.97 Å². The molecule has 0 amide bonds. The average Bonchev–Trinajstić information content (AvgIpc) is 2.57. The fourth-order valence-electron chi connectivity index (χ4n) is 3.55. The molecule has 2 aliphatic carbocycles. The van der Waals surface area contributed by atoms with E-state index in [0.29, 0.717) is 12.0 Å². The first-order chi connectivity index (χ1) is 11.1. The zero-order chi connectivity index (χ0) is 16.5. The predicted octanol–water partition coefficient (Wildman–Crippen LogP) is 4.63. The lowest BCUT2D eigenvalue weighted by Gasteiger charge is -2.24. The summed E-state index contributed by atoms with van der Waals surface area (Å²) in [6.07, 6.45) is 12.1. The normalized spacial score (nSPS) is 23.9. The van der Waals surface area contributed by atoms with Crippen LogP contribution in [-0.4, -0.2) is 17.1 Å². The molecule has 1 atom stereocenters. The lowest BCUT2D eigenvalue weighted by Crippen LogP contribution is -2.22. The molecule has 0 spiro atoms. The highest BCUT2D eigenvalue weighted by Crippen LogP contribution is 2.35. The Kier molecular flexibility index (Phi) is 7.34. The highest BCUT2D eigenvalue weighted by Gasteiger charge is 2.18. The minimum atomic E-state index is -0.816. The van der Waals surface area contributed by atoms with Crippen LogP contribution in [0.4, 0.5) is 0 Å². The van der Waals surface area contributed by atoms with Crippen molar-refractivity contribution in [1.82, 2.24) is 0 Å². The van der Waals surface area contributed by atoms with E-state index in [2.05, 4.69) is 12.1 Å². The number of aliphatic carboxylic acids is 1. The fraction of sp³-hybridized carbons (Fsp3) is 0.550. The van der Waals surface area contributed by atoms with Gasteiger partial charge in [0.15, 0.2) is 0 Å². The summed E-state index contributed by atoms with van der Waals surface area (Å²) in [5.41, 5.74) is 8.04. The highest BCUT2D eigenvalue weighted by molar-refractivity contribution is 5.80. The third kappa shape index (κ3) is 6.57. The number of carboxylic acid groups (broad SMARTS) is 1. The van der Waals surface area contributed by atoms with Gasteiger partial charge in [-0.1, -0.05) is 55.2 Å². The molecule has 3 nitrogen and oxygen atoms in total. The van der Waals surface area contributed by atoms with E-state index in [4.69, 9.17) is 10.8 Å². The number of carboxylic acids is 1. The second-order valence-corrected chi connectivity index (χ2v) is 6.74. The predicted molar refractivity (Wildman–Crippen MR) is 94.4 cm³/mol. The van der Waals surface area contributed by atoms with Gasteiger partial charge in [0.05, 0.1) is 0 Å². The molecule has 0 radical (unpaired) electrons. The summed E-state index contributed by atoms with van der Waals surface area (Å²) in [5.74, 6) is -0.315. The lowest BCUT2D eigenvalue weighted by molar-refractivity contribution is -0.131. The summed E-state index contributed by atoms with van der Waals surface area (Å²) in [7, 11) is 0. The van der Waals surface area contributed by atoms with Gasteiger partial charge < -0.3 is 10.8 Å². The maximum absolute atomic E-state index is 10.6. The number of nitrogens with two attached hydrogens (primary N) is 1. The maximum atomic E-state index is 10.6. The van der Waals surface area contributed by atoms with E-state index in [1.165, 1.54) is 50.2 Å². The summed E-state index contributed by atoms with van der Waals surface area (Å²) in [6.45, 7) is 0. The minimum Gasteiger partial charge on any atom is -0.478 e. The highest BCUT2D eigenvalue weighted by atomic mass is 16.4. The van der Waals surface area contributed by atoms with Gasteiger partial charge in [-0.2, -0.15) is 0 Å². The van der Waals surface area contributed by atoms with Gasteiger partial charge in [-0.3, -0.25) is 0 Å². The number of benzene rings is 1. The van der Waals surface area contributed by atoms with E-state index in [-0.39, 0.29) is 0 Å². The van der Waals surface area contributed by atoms with Crippen LogP contribution in [0.1, 0.15) is 69.3 Å². The van der Waals surface area contributed by atoms with Gasteiger partial charge in [0.25, 0.3) is 0 Å². The molecule has 1 unspecified atom stereocenters. The van der Waals surface area contributed by atoms with Crippen LogP contribution >= 0.6 is 0 Å². The Hall–Kier alpha value is -1.61. The molecule has 0 aliphatic heterocycles. The van der Waals surface area contributed by atoms with Crippen molar-refractivity contribution in [3.63, 3.8) is 0 Å². The van der Waals surface area contributed by atoms with Crippen molar-refractivity contribution in [1.29, 1.82) is 0 Å². The van der Waals surface area contributed by atoms with Crippen LogP contribution in [0.2, 0.25) is 0 Å². The summed E-state index contributed by atoms with van der Waals surface area (Å²) >= 11 is 0. The third-order valence-corrected chi connectivity index (χ3v) is 4.81. The molecule has 0 aromatic heterocycles. The SMILES string of the molecule is NC1CCCCC1.O=C(O)C=C1CCCC(c2ccccc2)C1. The van der Waals surface area contributed by atoms with Crippen LogP contribution in [0.25, 0.3) is 0 Å². The van der Waals surface area contributed by atoms with E-state index in [9.17, 15) is 4.79 Å². The quantitative estimate of drug-likeness (QED) is 0.782. The van der Waals surface area contributed by atoms with Crippen LogP contribution in [0.15, 0.2) is 42.0 Å². The van der Waals surface area contributed by atoms with Crippen LogP contribution in [0.5, 0.6) is 0 Å². The first kappa shape index (κ1) is 17.7. The molecule has 0 saturated heterocycles. The van der Waals surface area contributed by atoms with Crippen molar-refractivity contribution < 1.29 is 9.90 Å². The van der Waals surface area contributed by atoms with Crippen molar-refractivity contribution in [2.45, 2.75) is 69.7 Å². The molecule has 23 heavy (non-hydrogen) atoms. The van der Waals surface area contributed by atoms with E-state index in [1.807, 2.05) is 18.2 Å². The van der Waals surface area contributed by atoms with Gasteiger partial charge in [0, 0.05) is 12.1 Å². The van der Waals surface area contributed by atoms with Gasteiger partial charge in [-0.15, -0.1) is 0 Å². The molecule has 3 heteroatoms. The molecule has 1 aromatic rings. The van der Waals surface area contributed by atoms with Crippen molar-refractivity contribution in [2.75, 3.05) is 0 Å². The molecule has 2 aliphatic rings. The third-order valence-electron chi connectivity index (χ3n) is 4.81. The summed E-state index contributed by atoms with van der Waals surface area (Å²) in [5, 5.41) is 8.75. The average molecular weight is 315 g/mol. The summed E-state index contributed by atoms with van der Waals surface area (Å²) in [4.78, 5) is 10.6. The first-order valence-corrected chi connectivity index (χ1v) is 8.88. The molecule has 1 aromatic carbocycles. The van der Waals surface area contributed by atoms with Gasteiger partial charge in [0.1, 0.15) is 0 Å². The van der Waals surface area contributed by atoms with Crippen LogP contribution in [0.3, 0.4) is 0 Å². The van der Waals surface area contributed by atoms with Gasteiger partial charge in [-0.25, -0.2) is 4.79 Å². The Balaban J connectivity index is 0.000000229. The van der Waals surface area contributed by atoms with Crippen molar-refractivity contribution in [3.05, 3.63) is 47.5 Å². The fourth-order valence-corrected chi connectivity index (χ4v) is 3.55. The molecule has 2 fully saturated rings. The Morgan fingerprint density at radius 2 is 1.74 bits per heavy atom. The number of hydrogen-bond acceptors (Lipinski definition) is 2. The zero-order valence-corrected chi connectivity index (χ0v) is 13.9. The van der Waals surface area contributed by atoms with Crippen molar-refractivity contribution in [2.24, 2.45) is 5.73 Å². The van der Waals surface area contributed by atoms with Gasteiger partial charge in [-0.05, 0) is 50.0 Å². The van der Waals surface area contributed by atoms with E-state index >= 15 is 0 Å². The Morgan fingerprint density at radius 1 is 1.04 bits per heavy atom. The summed E-state index contributed by atoms with van der Waals surface area (Å²) < 4.78 is 0. The second kappa shape index (κ2) is 9.51. The first-order valence-electron chi connectivity index (χ1n) is 8.88. The number of carbonyl (C=O) groups is 1. The summed E-state index contributed by atoms with van der Waals surface area (Å²) in [6, 6.07) is 10.9. The Bertz CT molecular complexity index is 504. The number of allylic oxidation sites excluding steroid dienone is 1. The smallest absolute Gasteiger partial charge is 0.328 e. The van der Waals surface area contributed by atoms with Crippen LogP contribution in [0, 0.1) is 0 Å². The molecule has 126 valence electrons. The van der Waals surface area contributed by atoms with Gasteiger partial charge in [0.2, 0.25) is 0 Å². The van der Waals surface area contributed by atoms with Crippen molar-refractivity contribution in [3.8, 4) is 0 Å². The standard InChI is InChI=1S/C14H16O2.C6H13N/c15-14(16)10-11-5-4-8-13(9-11)12-6-2-1-3-7-12;7-6-4-2-1-3-5-6/h1-3,6-7,10,13H,4-5,8-9H2,(H,15,16);6H,1-5,7H2. The topological polar surface area (TPSA) is 63.3 Å². The largest absolute Gasteiger partial charge is 0.478 e. The second-order valence-electron chi connectivity index (χ2n) is 6.74. The van der Waals surface area contributed by atoms with E-state index < -0.39 is 5.97 Å². The van der Waals surface area contributed by atoms with E-state index in [1.54, 1.807) is 0 Å². The molecule has 0 bridgehead atoms. The number of hydrogen-bond donors (Lipinski definition) is 2. The molecule has 3 rings (SSSR count). The zero-order valence-electron chi connectivity index (χ0n) is 13.9. The van der Waals surface area contributed by atoms with Crippen LogP contribution in [-0.2, 0) is 4.79 Å². The molecule has 2 saturated carbocycles. The molecular weight excluding hydrogens is 286 g/mol. The Morgan fingerprint density at radius 3 is 2.30 bits per heavy atom.